The molecule has 3 heterocycles. The first-order chi connectivity index (χ1) is 14.1. The van der Waals surface area contributed by atoms with Gasteiger partial charge in [-0.15, -0.1) is 11.3 Å². The number of aryl methyl sites for hydroxylation is 1. The van der Waals surface area contributed by atoms with Crippen LogP contribution in [0.25, 0.3) is 0 Å². The summed E-state index contributed by atoms with van der Waals surface area (Å²) in [6.45, 7) is 8.16. The van der Waals surface area contributed by atoms with Crippen LogP contribution in [0, 0.1) is 6.92 Å². The Kier molecular flexibility index (Phi) is 7.01. The zero-order valence-electron chi connectivity index (χ0n) is 17.5. The summed E-state index contributed by atoms with van der Waals surface area (Å²) >= 11 is 6.83. The second-order valence-electron chi connectivity index (χ2n) is 7.57. The molecule has 1 saturated heterocycles. The SMILES string of the molecule is Cc1cc(N2CCN(C(=O)CN(C)S(=O)(=O)c3ccc(Cl)s3)CC2)nc(C(C)C)n1. The van der Waals surface area contributed by atoms with Gasteiger partial charge in [-0.05, 0) is 19.1 Å². The number of piperazine rings is 1. The van der Waals surface area contributed by atoms with Gasteiger partial charge in [0.2, 0.25) is 5.91 Å². The van der Waals surface area contributed by atoms with Gasteiger partial charge in [0.05, 0.1) is 10.9 Å². The molecule has 3 rings (SSSR count). The van der Waals surface area contributed by atoms with Crippen molar-refractivity contribution in [1.82, 2.24) is 19.2 Å². The molecule has 0 spiro atoms. The normalized spacial score (nSPS) is 15.3. The Morgan fingerprint density at radius 1 is 1.23 bits per heavy atom. The van der Waals surface area contributed by atoms with E-state index in [9.17, 15) is 13.2 Å². The summed E-state index contributed by atoms with van der Waals surface area (Å²) in [6, 6.07) is 4.95. The molecule has 1 aliphatic heterocycles. The highest BCUT2D eigenvalue weighted by Crippen LogP contribution is 2.27. The van der Waals surface area contributed by atoms with Crippen LogP contribution < -0.4 is 4.90 Å². The van der Waals surface area contributed by atoms with Crippen LogP contribution in [0.1, 0.15) is 31.3 Å². The third kappa shape index (κ3) is 5.11. The van der Waals surface area contributed by atoms with Gasteiger partial charge in [-0.3, -0.25) is 4.79 Å². The van der Waals surface area contributed by atoms with E-state index in [4.69, 9.17) is 11.6 Å². The van der Waals surface area contributed by atoms with Crippen LogP contribution in [0.5, 0.6) is 0 Å². The number of sulfonamides is 1. The summed E-state index contributed by atoms with van der Waals surface area (Å²) in [6.07, 6.45) is 0. The van der Waals surface area contributed by atoms with Crippen molar-refractivity contribution < 1.29 is 13.2 Å². The van der Waals surface area contributed by atoms with Crippen LogP contribution in [0.3, 0.4) is 0 Å². The van der Waals surface area contributed by atoms with Gasteiger partial charge >= 0.3 is 0 Å². The topological polar surface area (TPSA) is 86.7 Å². The second-order valence-corrected chi connectivity index (χ2v) is 11.6. The van der Waals surface area contributed by atoms with Gasteiger partial charge in [-0.2, -0.15) is 4.31 Å². The van der Waals surface area contributed by atoms with Gasteiger partial charge in [0.15, 0.2) is 0 Å². The average molecular weight is 472 g/mol. The number of aromatic nitrogens is 2. The average Bonchev–Trinajstić information content (AvgIpc) is 3.14. The van der Waals surface area contributed by atoms with Crippen molar-refractivity contribution in [3.8, 4) is 0 Å². The van der Waals surface area contributed by atoms with Crippen molar-refractivity contribution in [2.75, 3.05) is 44.7 Å². The predicted molar refractivity (Wildman–Crippen MR) is 119 cm³/mol. The van der Waals surface area contributed by atoms with Crippen molar-refractivity contribution in [2.45, 2.75) is 30.9 Å². The van der Waals surface area contributed by atoms with E-state index in [1.54, 1.807) is 4.90 Å². The summed E-state index contributed by atoms with van der Waals surface area (Å²) < 4.78 is 26.8. The van der Waals surface area contributed by atoms with Crippen molar-refractivity contribution >= 4 is 44.7 Å². The van der Waals surface area contributed by atoms with E-state index in [1.807, 2.05) is 13.0 Å². The molecular formula is C19H26ClN5O3S2. The predicted octanol–water partition coefficient (Wildman–Crippen LogP) is 2.59. The fourth-order valence-corrected chi connectivity index (χ4v) is 5.96. The minimum Gasteiger partial charge on any atom is -0.353 e. The lowest BCUT2D eigenvalue weighted by Gasteiger charge is -2.36. The molecule has 2 aromatic heterocycles. The molecule has 0 saturated carbocycles. The molecule has 0 atom stereocenters. The summed E-state index contributed by atoms with van der Waals surface area (Å²) in [5.74, 6) is 1.70. The number of hydrogen-bond donors (Lipinski definition) is 0. The molecule has 30 heavy (non-hydrogen) atoms. The standard InChI is InChI=1S/C19H26ClN5O3S2/c1-13(2)19-21-14(3)11-16(22-19)24-7-9-25(10-8-24)17(26)12-23(4)30(27,28)18-6-5-15(20)29-18/h5-6,11,13H,7-10,12H2,1-4H3. The van der Waals surface area contributed by atoms with E-state index in [2.05, 4.69) is 28.7 Å². The van der Waals surface area contributed by atoms with Gasteiger partial charge in [0, 0.05) is 50.9 Å². The Morgan fingerprint density at radius 3 is 2.47 bits per heavy atom. The zero-order chi connectivity index (χ0) is 22.1. The van der Waals surface area contributed by atoms with E-state index < -0.39 is 10.0 Å². The van der Waals surface area contributed by atoms with Gasteiger partial charge in [-0.1, -0.05) is 25.4 Å². The van der Waals surface area contributed by atoms with Crippen LogP contribution in [-0.4, -0.2) is 73.3 Å². The second kappa shape index (κ2) is 9.17. The first kappa shape index (κ1) is 22.9. The minimum atomic E-state index is -3.73. The molecule has 1 fully saturated rings. The Labute approximate surface area is 186 Å². The highest BCUT2D eigenvalue weighted by atomic mass is 35.5. The number of halogens is 1. The molecule has 11 heteroatoms. The smallest absolute Gasteiger partial charge is 0.252 e. The molecule has 0 unspecified atom stereocenters. The van der Waals surface area contributed by atoms with Crippen molar-refractivity contribution in [1.29, 1.82) is 0 Å². The summed E-state index contributed by atoms with van der Waals surface area (Å²) in [5.41, 5.74) is 0.919. The van der Waals surface area contributed by atoms with E-state index in [0.29, 0.717) is 30.5 Å². The minimum absolute atomic E-state index is 0.132. The van der Waals surface area contributed by atoms with Crippen LogP contribution in [0.2, 0.25) is 4.34 Å². The number of likely N-dealkylation sites (N-methyl/N-ethyl adjacent to an activating group) is 1. The number of thiophene rings is 1. The quantitative estimate of drug-likeness (QED) is 0.643. The molecule has 8 nitrogen and oxygen atoms in total. The Morgan fingerprint density at radius 2 is 1.90 bits per heavy atom. The lowest BCUT2D eigenvalue weighted by molar-refractivity contribution is -0.131. The Hall–Kier alpha value is -1.75. The highest BCUT2D eigenvalue weighted by Gasteiger charge is 2.28. The summed E-state index contributed by atoms with van der Waals surface area (Å²) in [5, 5.41) is 0. The Bertz CT molecular complexity index is 1020. The molecule has 164 valence electrons. The fourth-order valence-electron chi connectivity index (χ4n) is 3.14. The number of carbonyl (C=O) groups is 1. The number of carbonyl (C=O) groups excluding carboxylic acids is 1. The number of hydrogen-bond acceptors (Lipinski definition) is 7. The van der Waals surface area contributed by atoms with Gasteiger partial charge in [0.25, 0.3) is 10.0 Å². The molecule has 0 N–H and O–H groups in total. The van der Waals surface area contributed by atoms with E-state index in [0.717, 1.165) is 33.0 Å². The van der Waals surface area contributed by atoms with E-state index in [-0.39, 0.29) is 22.6 Å². The largest absolute Gasteiger partial charge is 0.353 e. The van der Waals surface area contributed by atoms with Crippen LogP contribution in [0.4, 0.5) is 5.82 Å². The van der Waals surface area contributed by atoms with Gasteiger partial charge in [-0.25, -0.2) is 18.4 Å². The molecule has 1 aliphatic rings. The summed E-state index contributed by atoms with van der Waals surface area (Å²) in [4.78, 5) is 25.7. The molecule has 1 amide bonds. The third-order valence-corrected chi connectivity index (χ3v) is 8.40. The lowest BCUT2D eigenvalue weighted by atomic mass is 10.2. The van der Waals surface area contributed by atoms with Crippen LogP contribution in [-0.2, 0) is 14.8 Å². The number of rotatable bonds is 6. The maximum atomic E-state index is 12.7. The van der Waals surface area contributed by atoms with Crippen molar-refractivity contribution in [3.05, 3.63) is 34.1 Å². The monoisotopic (exact) mass is 471 g/mol. The number of amides is 1. The number of nitrogens with zero attached hydrogens (tertiary/aromatic N) is 5. The van der Waals surface area contributed by atoms with E-state index in [1.165, 1.54) is 19.2 Å². The van der Waals surface area contributed by atoms with Crippen molar-refractivity contribution in [2.24, 2.45) is 0 Å². The Balaban J connectivity index is 1.60. The first-order valence-electron chi connectivity index (χ1n) is 9.68. The van der Waals surface area contributed by atoms with Crippen LogP contribution >= 0.6 is 22.9 Å². The van der Waals surface area contributed by atoms with E-state index >= 15 is 0 Å². The lowest BCUT2D eigenvalue weighted by Crippen LogP contribution is -2.51. The van der Waals surface area contributed by atoms with Crippen molar-refractivity contribution in [3.63, 3.8) is 0 Å². The molecule has 0 aliphatic carbocycles. The fraction of sp³-hybridized carbons (Fsp3) is 0.526. The molecule has 0 aromatic carbocycles. The zero-order valence-corrected chi connectivity index (χ0v) is 19.9. The van der Waals surface area contributed by atoms with Crippen LogP contribution in [0.15, 0.2) is 22.4 Å². The molecule has 0 bridgehead atoms. The van der Waals surface area contributed by atoms with Gasteiger partial charge < -0.3 is 9.80 Å². The first-order valence-corrected chi connectivity index (χ1v) is 12.3. The summed E-state index contributed by atoms with van der Waals surface area (Å²) in [7, 11) is -2.32. The molecule has 2 aromatic rings. The number of anilines is 1. The van der Waals surface area contributed by atoms with Gasteiger partial charge in [0.1, 0.15) is 15.9 Å². The molecular weight excluding hydrogens is 446 g/mol. The highest BCUT2D eigenvalue weighted by molar-refractivity contribution is 7.91. The molecule has 0 radical (unpaired) electrons. The third-order valence-electron chi connectivity index (χ3n) is 4.90. The maximum absolute atomic E-state index is 12.7. The maximum Gasteiger partial charge on any atom is 0.252 e.